The van der Waals surface area contributed by atoms with Gasteiger partial charge in [0.05, 0.1) is 12.3 Å². The first-order valence-electron chi connectivity index (χ1n) is 7.78. The van der Waals surface area contributed by atoms with Crippen LogP contribution in [-0.4, -0.2) is 36.3 Å². The molecule has 2 aliphatic rings. The van der Waals surface area contributed by atoms with E-state index in [0.29, 0.717) is 11.3 Å². The standard InChI is InChI=1S/C18H15NO6/c20-15-8-4-1-5-12(15)16(21)23-9-11-10-24-18(25-11)13-6-2-3-7-14(13)19-17(18)22/h1-8,11,20H,9-10H2,(H,19,22)/t11-,18-/m0/s1. The average molecular weight is 341 g/mol. The molecule has 25 heavy (non-hydrogen) atoms. The Hall–Kier alpha value is -2.90. The highest BCUT2D eigenvalue weighted by Gasteiger charge is 2.55. The van der Waals surface area contributed by atoms with Gasteiger partial charge < -0.3 is 24.6 Å². The van der Waals surface area contributed by atoms with Crippen LogP contribution in [0.2, 0.25) is 0 Å². The lowest BCUT2D eigenvalue weighted by atomic mass is 10.1. The van der Waals surface area contributed by atoms with E-state index in [1.165, 1.54) is 12.1 Å². The third-order valence-electron chi connectivity index (χ3n) is 4.16. The molecule has 0 saturated carbocycles. The van der Waals surface area contributed by atoms with Crippen LogP contribution in [-0.2, 0) is 24.8 Å². The van der Waals surface area contributed by atoms with Gasteiger partial charge in [0.25, 0.3) is 11.7 Å². The van der Waals surface area contributed by atoms with Crippen molar-refractivity contribution in [1.82, 2.24) is 0 Å². The molecule has 2 atom stereocenters. The van der Waals surface area contributed by atoms with Crippen molar-refractivity contribution >= 4 is 17.6 Å². The summed E-state index contributed by atoms with van der Waals surface area (Å²) in [5.41, 5.74) is 1.31. The van der Waals surface area contributed by atoms with E-state index < -0.39 is 23.8 Å². The highest BCUT2D eigenvalue weighted by Crippen LogP contribution is 2.43. The first-order valence-corrected chi connectivity index (χ1v) is 7.78. The number of hydrogen-bond acceptors (Lipinski definition) is 6. The van der Waals surface area contributed by atoms with E-state index in [2.05, 4.69) is 5.32 Å². The van der Waals surface area contributed by atoms with Crippen molar-refractivity contribution in [3.63, 3.8) is 0 Å². The lowest BCUT2D eigenvalue weighted by Gasteiger charge is -2.20. The number of esters is 1. The van der Waals surface area contributed by atoms with Crippen molar-refractivity contribution in [1.29, 1.82) is 0 Å². The normalized spacial score (nSPS) is 24.2. The summed E-state index contributed by atoms with van der Waals surface area (Å²) in [7, 11) is 0. The van der Waals surface area contributed by atoms with Crippen molar-refractivity contribution < 1.29 is 28.9 Å². The number of aromatic hydroxyl groups is 1. The second-order valence-electron chi connectivity index (χ2n) is 5.78. The highest BCUT2D eigenvalue weighted by molar-refractivity contribution is 6.04. The van der Waals surface area contributed by atoms with Gasteiger partial charge in [0.15, 0.2) is 0 Å². The molecule has 2 heterocycles. The fourth-order valence-electron chi connectivity index (χ4n) is 2.95. The van der Waals surface area contributed by atoms with E-state index in [9.17, 15) is 14.7 Å². The van der Waals surface area contributed by atoms with Crippen molar-refractivity contribution in [3.8, 4) is 5.75 Å². The number of carbonyl (C=O) groups excluding carboxylic acids is 2. The minimum Gasteiger partial charge on any atom is -0.507 e. The number of phenols is 1. The second-order valence-corrected chi connectivity index (χ2v) is 5.78. The monoisotopic (exact) mass is 341 g/mol. The first kappa shape index (κ1) is 15.6. The summed E-state index contributed by atoms with van der Waals surface area (Å²) >= 11 is 0. The van der Waals surface area contributed by atoms with Crippen molar-refractivity contribution in [2.45, 2.75) is 11.9 Å². The van der Waals surface area contributed by atoms with Crippen molar-refractivity contribution in [3.05, 3.63) is 59.7 Å². The molecule has 2 aromatic carbocycles. The second kappa shape index (κ2) is 5.87. The zero-order chi connectivity index (χ0) is 17.4. The first-order chi connectivity index (χ1) is 12.1. The van der Waals surface area contributed by atoms with E-state index in [1.54, 1.807) is 36.4 Å². The number of ether oxygens (including phenoxy) is 3. The fourth-order valence-corrected chi connectivity index (χ4v) is 2.95. The fraction of sp³-hybridized carbons (Fsp3) is 0.222. The molecule has 128 valence electrons. The Labute approximate surface area is 143 Å². The summed E-state index contributed by atoms with van der Waals surface area (Å²) in [5.74, 6) is -2.72. The number of para-hydroxylation sites is 2. The molecule has 1 spiro atoms. The predicted octanol–water partition coefficient (Wildman–Crippen LogP) is 1.77. The summed E-state index contributed by atoms with van der Waals surface area (Å²) in [6, 6.07) is 13.2. The third-order valence-corrected chi connectivity index (χ3v) is 4.16. The Kier molecular flexibility index (Phi) is 3.67. The molecular weight excluding hydrogens is 326 g/mol. The summed E-state index contributed by atoms with van der Waals surface area (Å²) in [5, 5.41) is 12.4. The zero-order valence-corrected chi connectivity index (χ0v) is 13.1. The lowest BCUT2D eigenvalue weighted by Crippen LogP contribution is -2.36. The smallest absolute Gasteiger partial charge is 0.342 e. The summed E-state index contributed by atoms with van der Waals surface area (Å²) in [6.07, 6.45) is -0.591. The van der Waals surface area contributed by atoms with E-state index in [4.69, 9.17) is 14.2 Å². The van der Waals surface area contributed by atoms with Gasteiger partial charge >= 0.3 is 5.97 Å². The van der Waals surface area contributed by atoms with Crippen molar-refractivity contribution in [2.24, 2.45) is 0 Å². The van der Waals surface area contributed by atoms with Crippen LogP contribution in [0.1, 0.15) is 15.9 Å². The van der Waals surface area contributed by atoms with Gasteiger partial charge in [-0.05, 0) is 18.2 Å². The molecule has 4 rings (SSSR count). The number of anilines is 1. The van der Waals surface area contributed by atoms with Crippen LogP contribution >= 0.6 is 0 Å². The van der Waals surface area contributed by atoms with Gasteiger partial charge in [-0.1, -0.05) is 30.3 Å². The number of amides is 1. The van der Waals surface area contributed by atoms with Crippen LogP contribution in [0.4, 0.5) is 5.69 Å². The van der Waals surface area contributed by atoms with Gasteiger partial charge in [-0.3, -0.25) is 4.79 Å². The van der Waals surface area contributed by atoms with Crippen LogP contribution in [0.3, 0.4) is 0 Å². The summed E-state index contributed by atoms with van der Waals surface area (Å²) in [6.45, 7) is 0.0141. The van der Waals surface area contributed by atoms with Gasteiger partial charge in [0.1, 0.15) is 24.0 Å². The minimum atomic E-state index is -1.50. The summed E-state index contributed by atoms with van der Waals surface area (Å²) in [4.78, 5) is 24.3. The van der Waals surface area contributed by atoms with Crippen molar-refractivity contribution in [2.75, 3.05) is 18.5 Å². The Bertz CT molecular complexity index is 851. The van der Waals surface area contributed by atoms with Gasteiger partial charge in [-0.25, -0.2) is 4.79 Å². The van der Waals surface area contributed by atoms with Crippen LogP contribution in [0.15, 0.2) is 48.5 Å². The number of phenolic OH excluding ortho intramolecular Hbond substituents is 1. The molecule has 7 nitrogen and oxygen atoms in total. The predicted molar refractivity (Wildman–Crippen MR) is 86.0 cm³/mol. The van der Waals surface area contributed by atoms with Gasteiger partial charge in [0, 0.05) is 5.56 Å². The highest BCUT2D eigenvalue weighted by atomic mass is 16.8. The van der Waals surface area contributed by atoms with E-state index in [1.807, 2.05) is 0 Å². The Balaban J connectivity index is 1.45. The number of carbonyl (C=O) groups is 2. The molecule has 7 heteroatoms. The Morgan fingerprint density at radius 1 is 1.24 bits per heavy atom. The van der Waals surface area contributed by atoms with E-state index >= 15 is 0 Å². The number of hydrogen-bond donors (Lipinski definition) is 2. The quantitative estimate of drug-likeness (QED) is 0.827. The average Bonchev–Trinajstić information content (AvgIpc) is 3.17. The number of benzene rings is 2. The van der Waals surface area contributed by atoms with Crippen LogP contribution < -0.4 is 5.32 Å². The van der Waals surface area contributed by atoms with Gasteiger partial charge in [-0.15, -0.1) is 0 Å². The molecule has 1 saturated heterocycles. The van der Waals surface area contributed by atoms with Crippen LogP contribution in [0.25, 0.3) is 0 Å². The molecular formula is C18H15NO6. The van der Waals surface area contributed by atoms with Crippen LogP contribution in [0, 0.1) is 0 Å². The Morgan fingerprint density at radius 2 is 2.00 bits per heavy atom. The van der Waals surface area contributed by atoms with Crippen LogP contribution in [0.5, 0.6) is 5.75 Å². The topological polar surface area (TPSA) is 94.1 Å². The number of fused-ring (bicyclic) bond motifs is 2. The molecule has 0 radical (unpaired) electrons. The van der Waals surface area contributed by atoms with E-state index in [-0.39, 0.29) is 24.5 Å². The molecule has 1 fully saturated rings. The number of rotatable bonds is 3. The molecule has 0 unspecified atom stereocenters. The molecule has 2 aromatic rings. The summed E-state index contributed by atoms with van der Waals surface area (Å²) < 4.78 is 16.6. The SMILES string of the molecule is O=C(OC[C@H]1CO[C@@]2(O1)C(=O)Nc1ccccc12)c1ccccc1O. The maximum Gasteiger partial charge on any atom is 0.342 e. The lowest BCUT2D eigenvalue weighted by molar-refractivity contribution is -0.185. The Morgan fingerprint density at radius 3 is 2.84 bits per heavy atom. The maximum absolute atomic E-state index is 12.3. The molecule has 2 aliphatic heterocycles. The third kappa shape index (κ3) is 2.54. The molecule has 1 amide bonds. The maximum atomic E-state index is 12.3. The van der Waals surface area contributed by atoms with E-state index in [0.717, 1.165) is 0 Å². The number of nitrogens with one attached hydrogen (secondary N) is 1. The van der Waals surface area contributed by atoms with Gasteiger partial charge in [-0.2, -0.15) is 0 Å². The molecule has 0 aliphatic carbocycles. The molecule has 2 N–H and O–H groups in total. The van der Waals surface area contributed by atoms with Gasteiger partial charge in [0.2, 0.25) is 0 Å². The largest absolute Gasteiger partial charge is 0.507 e. The molecule has 0 bridgehead atoms. The zero-order valence-electron chi connectivity index (χ0n) is 13.1. The molecule has 0 aromatic heterocycles. The minimum absolute atomic E-state index is 0.0695.